The summed E-state index contributed by atoms with van der Waals surface area (Å²) in [6.07, 6.45) is 3.46. The highest BCUT2D eigenvalue weighted by Crippen LogP contribution is 2.31. The molecule has 0 aromatic carbocycles. The Labute approximate surface area is 112 Å². The Morgan fingerprint density at radius 2 is 2.33 bits per heavy atom. The molecule has 1 aromatic heterocycles. The van der Waals surface area contributed by atoms with Crippen LogP contribution in [0.25, 0.3) is 0 Å². The number of anilines is 1. The molecule has 0 radical (unpaired) electrons. The lowest BCUT2D eigenvalue weighted by molar-refractivity contribution is 0.415. The maximum Gasteiger partial charge on any atom is 0.245 e. The highest BCUT2D eigenvalue weighted by atomic mass is 32.2. The lowest BCUT2D eigenvalue weighted by Crippen LogP contribution is -2.51. The van der Waals surface area contributed by atoms with Crippen LogP contribution in [-0.4, -0.2) is 45.3 Å². The standard InChI is InChI=1S/C12H21N5S/c1-8-10(13)3-2-5-17(8)12-14-11(15-16-12)9-4-6-18-7-9/h8-10H,2-7,13H2,1H3,(H,14,15,16). The van der Waals surface area contributed by atoms with Crippen LogP contribution in [0.5, 0.6) is 0 Å². The SMILES string of the molecule is CC1C(N)CCCN1c1n[nH]c(C2CCSC2)n1. The zero-order chi connectivity index (χ0) is 12.5. The second-order valence-corrected chi connectivity index (χ2v) is 6.47. The Kier molecular flexibility index (Phi) is 3.48. The average Bonchev–Trinajstić information content (AvgIpc) is 3.01. The maximum absolute atomic E-state index is 6.12. The zero-order valence-electron chi connectivity index (χ0n) is 10.8. The Bertz CT molecular complexity index is 401. The van der Waals surface area contributed by atoms with Crippen LogP contribution in [0.2, 0.25) is 0 Å². The summed E-state index contributed by atoms with van der Waals surface area (Å²) in [6, 6.07) is 0.572. The number of piperidine rings is 1. The summed E-state index contributed by atoms with van der Waals surface area (Å²) in [6.45, 7) is 3.19. The largest absolute Gasteiger partial charge is 0.335 e. The molecular formula is C12H21N5S. The third kappa shape index (κ3) is 2.23. The molecule has 18 heavy (non-hydrogen) atoms. The van der Waals surface area contributed by atoms with Crippen LogP contribution in [0.4, 0.5) is 5.95 Å². The van der Waals surface area contributed by atoms with Crippen molar-refractivity contribution in [3.05, 3.63) is 5.82 Å². The summed E-state index contributed by atoms with van der Waals surface area (Å²) in [5.74, 6) is 4.87. The monoisotopic (exact) mass is 267 g/mol. The number of aromatic amines is 1. The van der Waals surface area contributed by atoms with E-state index in [4.69, 9.17) is 10.7 Å². The van der Waals surface area contributed by atoms with Crippen molar-refractivity contribution in [1.82, 2.24) is 15.2 Å². The molecule has 2 saturated heterocycles. The van der Waals surface area contributed by atoms with E-state index in [0.29, 0.717) is 12.0 Å². The first kappa shape index (κ1) is 12.3. The van der Waals surface area contributed by atoms with Gasteiger partial charge in [-0.05, 0) is 31.9 Å². The number of nitrogens with zero attached hydrogens (tertiary/aromatic N) is 3. The van der Waals surface area contributed by atoms with Gasteiger partial charge in [-0.25, -0.2) is 0 Å². The number of hydrogen-bond acceptors (Lipinski definition) is 5. The molecule has 3 atom stereocenters. The van der Waals surface area contributed by atoms with Crippen molar-refractivity contribution >= 4 is 17.7 Å². The third-order valence-electron chi connectivity index (χ3n) is 4.11. The highest BCUT2D eigenvalue weighted by molar-refractivity contribution is 7.99. The minimum atomic E-state index is 0.239. The van der Waals surface area contributed by atoms with Gasteiger partial charge in [0.15, 0.2) is 0 Å². The summed E-state index contributed by atoms with van der Waals surface area (Å²) in [5.41, 5.74) is 6.12. The molecule has 2 aliphatic heterocycles. The van der Waals surface area contributed by atoms with Crippen molar-refractivity contribution in [1.29, 1.82) is 0 Å². The van der Waals surface area contributed by atoms with Gasteiger partial charge < -0.3 is 10.6 Å². The number of thioether (sulfide) groups is 1. The summed E-state index contributed by atoms with van der Waals surface area (Å²) >= 11 is 2.00. The maximum atomic E-state index is 6.12. The van der Waals surface area contributed by atoms with Crippen LogP contribution in [0.15, 0.2) is 0 Å². The van der Waals surface area contributed by atoms with Crippen molar-refractivity contribution in [2.45, 2.75) is 44.2 Å². The van der Waals surface area contributed by atoms with E-state index in [1.54, 1.807) is 0 Å². The highest BCUT2D eigenvalue weighted by Gasteiger charge is 2.29. The lowest BCUT2D eigenvalue weighted by atomic mass is 9.99. The van der Waals surface area contributed by atoms with Gasteiger partial charge in [-0.2, -0.15) is 16.7 Å². The quantitative estimate of drug-likeness (QED) is 0.846. The fourth-order valence-electron chi connectivity index (χ4n) is 2.78. The van der Waals surface area contributed by atoms with Gasteiger partial charge in [-0.3, -0.25) is 5.10 Å². The van der Waals surface area contributed by atoms with Crippen molar-refractivity contribution < 1.29 is 0 Å². The van der Waals surface area contributed by atoms with E-state index in [2.05, 4.69) is 22.0 Å². The van der Waals surface area contributed by atoms with Gasteiger partial charge in [0.1, 0.15) is 5.82 Å². The Morgan fingerprint density at radius 1 is 1.44 bits per heavy atom. The van der Waals surface area contributed by atoms with Crippen molar-refractivity contribution in [2.75, 3.05) is 23.0 Å². The van der Waals surface area contributed by atoms with Gasteiger partial charge in [0.05, 0.1) is 0 Å². The van der Waals surface area contributed by atoms with E-state index in [0.717, 1.165) is 31.2 Å². The fraction of sp³-hybridized carbons (Fsp3) is 0.833. The third-order valence-corrected chi connectivity index (χ3v) is 5.27. The molecule has 2 aliphatic rings. The molecule has 6 heteroatoms. The molecule has 5 nitrogen and oxygen atoms in total. The molecule has 3 heterocycles. The first-order valence-electron chi connectivity index (χ1n) is 6.78. The smallest absolute Gasteiger partial charge is 0.245 e. The topological polar surface area (TPSA) is 70.8 Å². The van der Waals surface area contributed by atoms with E-state index in [1.165, 1.54) is 17.9 Å². The van der Waals surface area contributed by atoms with Crippen LogP contribution in [0.3, 0.4) is 0 Å². The second-order valence-electron chi connectivity index (χ2n) is 5.32. The van der Waals surface area contributed by atoms with Crippen LogP contribution in [0.1, 0.15) is 37.9 Å². The Balaban J connectivity index is 1.75. The van der Waals surface area contributed by atoms with Crippen molar-refractivity contribution in [2.24, 2.45) is 5.73 Å². The van der Waals surface area contributed by atoms with E-state index >= 15 is 0 Å². The van der Waals surface area contributed by atoms with Gasteiger partial charge in [-0.15, -0.1) is 5.10 Å². The predicted octanol–water partition coefficient (Wildman–Crippen LogP) is 1.34. The molecule has 1 aromatic rings. The van der Waals surface area contributed by atoms with E-state index in [-0.39, 0.29) is 6.04 Å². The minimum Gasteiger partial charge on any atom is -0.335 e. The first-order chi connectivity index (χ1) is 8.75. The van der Waals surface area contributed by atoms with Crippen LogP contribution in [-0.2, 0) is 0 Å². The van der Waals surface area contributed by atoms with Gasteiger partial charge in [-0.1, -0.05) is 0 Å². The van der Waals surface area contributed by atoms with Crippen LogP contribution in [0, 0.1) is 0 Å². The molecule has 3 unspecified atom stereocenters. The van der Waals surface area contributed by atoms with Gasteiger partial charge >= 0.3 is 0 Å². The molecule has 0 aliphatic carbocycles. The van der Waals surface area contributed by atoms with Crippen LogP contribution < -0.4 is 10.6 Å². The first-order valence-corrected chi connectivity index (χ1v) is 7.93. The molecule has 0 saturated carbocycles. The average molecular weight is 267 g/mol. The lowest BCUT2D eigenvalue weighted by Gasteiger charge is -2.36. The molecular weight excluding hydrogens is 246 g/mol. The second kappa shape index (κ2) is 5.09. The van der Waals surface area contributed by atoms with Crippen molar-refractivity contribution in [3.8, 4) is 0 Å². The molecule has 2 fully saturated rings. The van der Waals surface area contributed by atoms with E-state index in [9.17, 15) is 0 Å². The number of nitrogens with two attached hydrogens (primary N) is 1. The summed E-state index contributed by atoms with van der Waals surface area (Å²) in [7, 11) is 0. The molecule has 3 rings (SSSR count). The number of nitrogens with one attached hydrogen (secondary N) is 1. The number of H-pyrrole nitrogens is 1. The Morgan fingerprint density at radius 3 is 3.11 bits per heavy atom. The zero-order valence-corrected chi connectivity index (χ0v) is 11.6. The van der Waals surface area contributed by atoms with Gasteiger partial charge in [0, 0.05) is 30.3 Å². The number of rotatable bonds is 2. The Hall–Kier alpha value is -0.750. The van der Waals surface area contributed by atoms with E-state index < -0.39 is 0 Å². The molecule has 0 bridgehead atoms. The number of aromatic nitrogens is 3. The predicted molar refractivity (Wildman–Crippen MR) is 75.1 cm³/mol. The normalized spacial score (nSPS) is 33.0. The van der Waals surface area contributed by atoms with Crippen LogP contribution >= 0.6 is 11.8 Å². The minimum absolute atomic E-state index is 0.239. The summed E-state index contributed by atoms with van der Waals surface area (Å²) in [4.78, 5) is 6.94. The number of hydrogen-bond donors (Lipinski definition) is 2. The molecule has 100 valence electrons. The fourth-order valence-corrected chi connectivity index (χ4v) is 4.01. The van der Waals surface area contributed by atoms with Gasteiger partial charge in [0.2, 0.25) is 5.95 Å². The van der Waals surface area contributed by atoms with Crippen molar-refractivity contribution in [3.63, 3.8) is 0 Å². The molecule has 3 N–H and O–H groups in total. The van der Waals surface area contributed by atoms with Gasteiger partial charge in [0.25, 0.3) is 0 Å². The summed E-state index contributed by atoms with van der Waals surface area (Å²) in [5, 5.41) is 7.52. The molecule has 0 spiro atoms. The van der Waals surface area contributed by atoms with E-state index in [1.807, 2.05) is 11.8 Å². The molecule has 0 amide bonds. The summed E-state index contributed by atoms with van der Waals surface area (Å²) < 4.78 is 0.